The zero-order chi connectivity index (χ0) is 20.2. The van der Waals surface area contributed by atoms with Gasteiger partial charge in [-0.3, -0.25) is 4.90 Å². The molecule has 9 heteroatoms. The van der Waals surface area contributed by atoms with Gasteiger partial charge in [0.2, 0.25) is 0 Å². The predicted octanol–water partition coefficient (Wildman–Crippen LogP) is 3.47. The van der Waals surface area contributed by atoms with Gasteiger partial charge in [-0.15, -0.1) is 11.3 Å². The molecule has 2 fully saturated rings. The number of halogens is 3. The fourth-order valence-electron chi connectivity index (χ4n) is 4.50. The average molecular weight is 414 g/mol. The number of nitrogens with zero attached hydrogens (tertiary/aromatic N) is 4. The normalized spacial score (nSPS) is 20.7. The third kappa shape index (κ3) is 4.26. The van der Waals surface area contributed by atoms with E-state index in [9.17, 15) is 18.3 Å². The molecule has 0 amide bonds. The number of aromatic nitrogens is 2. The lowest BCUT2D eigenvalue weighted by Gasteiger charge is -2.55. The molecule has 5 nitrogen and oxygen atoms in total. The SMILES string of the molecule is CC(C)(O)CN1CC2(CCN(c3ncnc4sc(CC(F)(F)F)cc34)CC2)C1. The summed E-state index contributed by atoms with van der Waals surface area (Å²) in [5, 5.41) is 10.7. The van der Waals surface area contributed by atoms with Gasteiger partial charge in [-0.1, -0.05) is 0 Å². The maximum absolute atomic E-state index is 12.7. The van der Waals surface area contributed by atoms with Gasteiger partial charge in [-0.2, -0.15) is 13.2 Å². The summed E-state index contributed by atoms with van der Waals surface area (Å²) in [5.41, 5.74) is -0.383. The van der Waals surface area contributed by atoms with Crippen molar-refractivity contribution in [3.8, 4) is 0 Å². The molecule has 1 N–H and O–H groups in total. The Kier molecular flexibility index (Phi) is 4.83. The molecule has 0 bridgehead atoms. The fraction of sp³-hybridized carbons (Fsp3) is 0.684. The number of alkyl halides is 3. The maximum atomic E-state index is 12.7. The Morgan fingerprint density at radius 2 is 1.86 bits per heavy atom. The van der Waals surface area contributed by atoms with Crippen LogP contribution < -0.4 is 4.90 Å². The van der Waals surface area contributed by atoms with Gasteiger partial charge in [-0.05, 0) is 38.2 Å². The number of anilines is 1. The first kappa shape index (κ1) is 19.8. The summed E-state index contributed by atoms with van der Waals surface area (Å²) in [6, 6.07) is 1.60. The number of likely N-dealkylation sites (tertiary alicyclic amines) is 1. The second-order valence-electron chi connectivity index (χ2n) is 8.87. The van der Waals surface area contributed by atoms with Crippen molar-refractivity contribution >= 4 is 27.4 Å². The maximum Gasteiger partial charge on any atom is 0.393 e. The van der Waals surface area contributed by atoms with Crippen LogP contribution in [0.3, 0.4) is 0 Å². The van der Waals surface area contributed by atoms with Crippen LogP contribution >= 0.6 is 11.3 Å². The summed E-state index contributed by atoms with van der Waals surface area (Å²) < 4.78 is 38.2. The Balaban J connectivity index is 1.43. The van der Waals surface area contributed by atoms with Crippen molar-refractivity contribution in [2.45, 2.75) is 44.9 Å². The largest absolute Gasteiger partial charge is 0.393 e. The molecule has 2 aromatic heterocycles. The molecule has 0 aliphatic carbocycles. The number of piperidine rings is 1. The van der Waals surface area contributed by atoms with Crippen molar-refractivity contribution in [2.75, 3.05) is 37.6 Å². The lowest BCUT2D eigenvalue weighted by molar-refractivity contribution is -0.126. The molecule has 0 aromatic carbocycles. The molecule has 2 aliphatic rings. The van der Waals surface area contributed by atoms with Crippen LogP contribution in [0.5, 0.6) is 0 Å². The van der Waals surface area contributed by atoms with E-state index in [-0.39, 0.29) is 4.88 Å². The first-order valence-electron chi connectivity index (χ1n) is 9.52. The van der Waals surface area contributed by atoms with Gasteiger partial charge < -0.3 is 10.0 Å². The fourth-order valence-corrected chi connectivity index (χ4v) is 5.52. The molecule has 0 unspecified atom stereocenters. The molecule has 154 valence electrons. The summed E-state index contributed by atoms with van der Waals surface area (Å²) in [6.07, 6.45) is -1.63. The highest BCUT2D eigenvalue weighted by atomic mass is 32.1. The zero-order valence-electron chi connectivity index (χ0n) is 16.1. The molecule has 4 heterocycles. The van der Waals surface area contributed by atoms with Crippen LogP contribution in [0.15, 0.2) is 12.4 Å². The monoisotopic (exact) mass is 414 g/mol. The van der Waals surface area contributed by atoms with Crippen LogP contribution in [-0.4, -0.2) is 64.5 Å². The summed E-state index contributed by atoms with van der Waals surface area (Å²) >= 11 is 1.10. The molecular formula is C19H25F3N4OS. The van der Waals surface area contributed by atoms with E-state index in [2.05, 4.69) is 19.8 Å². The standard InChI is InChI=1S/C19H25F3N4OS/c1-17(2,27)9-25-10-18(11-25)3-5-26(6-4-18)15-14-7-13(8-19(20,21)22)28-16(14)24-12-23-15/h7,12,27H,3-6,8-11H2,1-2H3. The molecule has 0 atom stereocenters. The Morgan fingerprint density at radius 1 is 1.18 bits per heavy atom. The van der Waals surface area contributed by atoms with E-state index in [1.54, 1.807) is 6.07 Å². The minimum absolute atomic E-state index is 0.277. The van der Waals surface area contributed by atoms with Gasteiger partial charge in [0.1, 0.15) is 17.0 Å². The Bertz CT molecular complexity index is 845. The Hall–Kier alpha value is -1.45. The van der Waals surface area contributed by atoms with Crippen LogP contribution in [0, 0.1) is 5.41 Å². The molecule has 2 aromatic rings. The van der Waals surface area contributed by atoms with E-state index in [0.29, 0.717) is 16.8 Å². The zero-order valence-corrected chi connectivity index (χ0v) is 16.9. The molecular weight excluding hydrogens is 389 g/mol. The topological polar surface area (TPSA) is 52.5 Å². The molecule has 2 saturated heterocycles. The molecule has 2 aliphatic heterocycles. The number of thiophene rings is 1. The van der Waals surface area contributed by atoms with Crippen molar-refractivity contribution in [2.24, 2.45) is 5.41 Å². The number of β-amino-alcohol motifs (C(OH)–C–C–N with tert-alkyl or cyclic N) is 1. The van der Waals surface area contributed by atoms with Crippen LogP contribution in [-0.2, 0) is 6.42 Å². The smallest absolute Gasteiger partial charge is 0.389 e. The van der Waals surface area contributed by atoms with Crippen molar-refractivity contribution in [1.29, 1.82) is 0 Å². The number of fused-ring (bicyclic) bond motifs is 1. The quantitative estimate of drug-likeness (QED) is 0.830. The third-order valence-corrected chi connectivity index (χ3v) is 6.63. The number of hydrogen-bond acceptors (Lipinski definition) is 6. The molecule has 28 heavy (non-hydrogen) atoms. The highest BCUT2D eigenvalue weighted by Gasteiger charge is 2.46. The highest BCUT2D eigenvalue weighted by molar-refractivity contribution is 7.18. The molecule has 4 rings (SSSR count). The predicted molar refractivity (Wildman–Crippen MR) is 104 cm³/mol. The lowest BCUT2D eigenvalue weighted by atomic mass is 9.71. The van der Waals surface area contributed by atoms with Crippen LogP contribution in [0.2, 0.25) is 0 Å². The minimum atomic E-state index is -4.22. The van der Waals surface area contributed by atoms with E-state index in [4.69, 9.17) is 0 Å². The van der Waals surface area contributed by atoms with E-state index < -0.39 is 18.2 Å². The second-order valence-corrected chi connectivity index (χ2v) is 9.98. The van der Waals surface area contributed by atoms with Gasteiger partial charge >= 0.3 is 6.18 Å². The minimum Gasteiger partial charge on any atom is -0.389 e. The third-order valence-electron chi connectivity index (χ3n) is 5.59. The summed E-state index contributed by atoms with van der Waals surface area (Å²) in [4.78, 5) is 13.9. The number of hydrogen-bond donors (Lipinski definition) is 1. The van der Waals surface area contributed by atoms with Gasteiger partial charge in [-0.25, -0.2) is 9.97 Å². The average Bonchev–Trinajstić information content (AvgIpc) is 2.93. The van der Waals surface area contributed by atoms with E-state index in [0.717, 1.165) is 61.6 Å². The lowest BCUT2D eigenvalue weighted by Crippen LogP contribution is -2.62. The van der Waals surface area contributed by atoms with Crippen LogP contribution in [0.25, 0.3) is 10.2 Å². The molecule has 0 radical (unpaired) electrons. The Morgan fingerprint density at radius 3 is 2.46 bits per heavy atom. The highest BCUT2D eigenvalue weighted by Crippen LogP contribution is 2.43. The number of rotatable bonds is 4. The van der Waals surface area contributed by atoms with Crippen molar-refractivity contribution in [3.05, 3.63) is 17.3 Å². The van der Waals surface area contributed by atoms with Gasteiger partial charge in [0.15, 0.2) is 0 Å². The summed E-state index contributed by atoms with van der Waals surface area (Å²) in [7, 11) is 0. The van der Waals surface area contributed by atoms with Gasteiger partial charge in [0, 0.05) is 37.6 Å². The van der Waals surface area contributed by atoms with Crippen LogP contribution in [0.1, 0.15) is 31.6 Å². The van der Waals surface area contributed by atoms with Crippen LogP contribution in [0.4, 0.5) is 19.0 Å². The van der Waals surface area contributed by atoms with Crippen molar-refractivity contribution in [1.82, 2.24) is 14.9 Å². The first-order valence-corrected chi connectivity index (χ1v) is 10.3. The van der Waals surface area contributed by atoms with Crippen molar-refractivity contribution in [3.63, 3.8) is 0 Å². The Labute approximate surface area is 166 Å². The molecule has 1 spiro atoms. The number of aliphatic hydroxyl groups is 1. The van der Waals surface area contributed by atoms with Gasteiger partial charge in [0.05, 0.1) is 17.4 Å². The van der Waals surface area contributed by atoms with E-state index >= 15 is 0 Å². The van der Waals surface area contributed by atoms with Gasteiger partial charge in [0.25, 0.3) is 0 Å². The first-order chi connectivity index (χ1) is 13.0. The second kappa shape index (κ2) is 6.81. The van der Waals surface area contributed by atoms with Crippen molar-refractivity contribution < 1.29 is 18.3 Å². The summed E-state index contributed by atoms with van der Waals surface area (Å²) in [6.45, 7) is 8.02. The van der Waals surface area contributed by atoms with E-state index in [1.165, 1.54) is 6.33 Å². The molecule has 0 saturated carbocycles. The van der Waals surface area contributed by atoms with E-state index in [1.807, 2.05) is 13.8 Å². The summed E-state index contributed by atoms with van der Waals surface area (Å²) in [5.74, 6) is 0.747.